The van der Waals surface area contributed by atoms with E-state index in [4.69, 9.17) is 14.2 Å². The van der Waals surface area contributed by atoms with Gasteiger partial charge in [0.15, 0.2) is 6.10 Å². The van der Waals surface area contributed by atoms with E-state index < -0.39 is 6.10 Å². The summed E-state index contributed by atoms with van der Waals surface area (Å²) in [6, 6.07) is 0. The normalized spacial score (nSPS) is 11.8. The highest BCUT2D eigenvalue weighted by atomic mass is 16.6. The maximum absolute atomic E-state index is 12.5. The summed E-state index contributed by atoms with van der Waals surface area (Å²) >= 11 is 0. The SMILES string of the molecule is CCCCCCCCCCCCCCC(=O)OC[C@@H](COC(=O)CCCCCCC)OC(=O)CCCCCCCCCCC. The van der Waals surface area contributed by atoms with Gasteiger partial charge in [0.05, 0.1) is 0 Å². The molecule has 0 saturated heterocycles. The molecule has 0 rings (SSSR count). The van der Waals surface area contributed by atoms with E-state index in [1.807, 2.05) is 0 Å². The fourth-order valence-corrected chi connectivity index (χ4v) is 5.44. The Labute approximate surface area is 272 Å². The van der Waals surface area contributed by atoms with Crippen LogP contribution < -0.4 is 0 Å². The first-order valence-corrected chi connectivity index (χ1v) is 19.0. The fourth-order valence-electron chi connectivity index (χ4n) is 5.44. The molecule has 0 N–H and O–H groups in total. The molecule has 0 saturated carbocycles. The van der Waals surface area contributed by atoms with Gasteiger partial charge < -0.3 is 14.2 Å². The van der Waals surface area contributed by atoms with Crippen LogP contribution in [0.1, 0.15) is 207 Å². The molecule has 0 spiro atoms. The van der Waals surface area contributed by atoms with Crippen molar-refractivity contribution in [2.45, 2.75) is 213 Å². The highest BCUT2D eigenvalue weighted by Crippen LogP contribution is 2.14. The van der Waals surface area contributed by atoms with Gasteiger partial charge in [0.1, 0.15) is 13.2 Å². The van der Waals surface area contributed by atoms with Crippen molar-refractivity contribution in [3.63, 3.8) is 0 Å². The fraction of sp³-hybridized carbons (Fsp3) is 0.921. The van der Waals surface area contributed by atoms with Crippen molar-refractivity contribution in [1.29, 1.82) is 0 Å². The summed E-state index contributed by atoms with van der Waals surface area (Å²) in [6.07, 6.45) is 31.1. The molecule has 0 aliphatic carbocycles. The molecule has 0 radical (unpaired) electrons. The summed E-state index contributed by atoms with van der Waals surface area (Å²) < 4.78 is 16.5. The lowest BCUT2D eigenvalue weighted by molar-refractivity contribution is -0.167. The van der Waals surface area contributed by atoms with Gasteiger partial charge in [-0.15, -0.1) is 0 Å². The highest BCUT2D eigenvalue weighted by molar-refractivity contribution is 5.71. The number of hydrogen-bond donors (Lipinski definition) is 0. The molecule has 0 amide bonds. The summed E-state index contributed by atoms with van der Waals surface area (Å²) in [5, 5.41) is 0. The van der Waals surface area contributed by atoms with Gasteiger partial charge in [-0.2, -0.15) is 0 Å². The van der Waals surface area contributed by atoms with Gasteiger partial charge in [0, 0.05) is 19.3 Å². The van der Waals surface area contributed by atoms with Gasteiger partial charge in [-0.1, -0.05) is 168 Å². The van der Waals surface area contributed by atoms with Crippen LogP contribution in [-0.4, -0.2) is 37.2 Å². The molecule has 0 unspecified atom stereocenters. The van der Waals surface area contributed by atoms with Crippen molar-refractivity contribution >= 4 is 17.9 Å². The maximum Gasteiger partial charge on any atom is 0.306 e. The second-order valence-electron chi connectivity index (χ2n) is 12.9. The van der Waals surface area contributed by atoms with E-state index in [0.717, 1.165) is 64.2 Å². The zero-order chi connectivity index (χ0) is 32.4. The third kappa shape index (κ3) is 31.8. The van der Waals surface area contributed by atoms with Gasteiger partial charge in [-0.05, 0) is 19.3 Å². The molecule has 6 heteroatoms. The minimum absolute atomic E-state index is 0.0651. The number of ether oxygens (including phenoxy) is 3. The Hall–Kier alpha value is -1.59. The molecule has 260 valence electrons. The van der Waals surface area contributed by atoms with E-state index in [9.17, 15) is 14.4 Å². The van der Waals surface area contributed by atoms with Crippen LogP contribution in [-0.2, 0) is 28.6 Å². The first-order valence-electron chi connectivity index (χ1n) is 19.0. The molecule has 6 nitrogen and oxygen atoms in total. The first-order chi connectivity index (χ1) is 21.5. The Kier molecular flexibility index (Phi) is 33.0. The lowest BCUT2D eigenvalue weighted by Crippen LogP contribution is -2.30. The second-order valence-corrected chi connectivity index (χ2v) is 12.9. The predicted molar refractivity (Wildman–Crippen MR) is 183 cm³/mol. The molecule has 0 fully saturated rings. The third-order valence-corrected chi connectivity index (χ3v) is 8.36. The van der Waals surface area contributed by atoms with Crippen LogP contribution in [0.25, 0.3) is 0 Å². The summed E-state index contributed by atoms with van der Waals surface area (Å²) in [5.41, 5.74) is 0. The Morgan fingerprint density at radius 1 is 0.364 bits per heavy atom. The lowest BCUT2D eigenvalue weighted by Gasteiger charge is -2.18. The maximum atomic E-state index is 12.5. The summed E-state index contributed by atoms with van der Waals surface area (Å²) in [7, 11) is 0. The molecular weight excluding hydrogens is 552 g/mol. The molecule has 0 aromatic heterocycles. The molecule has 0 aromatic carbocycles. The van der Waals surface area contributed by atoms with Gasteiger partial charge in [0.25, 0.3) is 0 Å². The number of rotatable bonds is 34. The third-order valence-electron chi connectivity index (χ3n) is 8.36. The van der Waals surface area contributed by atoms with Crippen molar-refractivity contribution in [2.75, 3.05) is 13.2 Å². The van der Waals surface area contributed by atoms with Gasteiger partial charge >= 0.3 is 17.9 Å². The predicted octanol–water partition coefficient (Wildman–Crippen LogP) is 11.4. The van der Waals surface area contributed by atoms with Crippen LogP contribution in [0.5, 0.6) is 0 Å². The van der Waals surface area contributed by atoms with Crippen molar-refractivity contribution in [1.82, 2.24) is 0 Å². The Morgan fingerprint density at radius 3 is 0.909 bits per heavy atom. The average molecular weight is 625 g/mol. The Morgan fingerprint density at radius 2 is 0.614 bits per heavy atom. The lowest BCUT2D eigenvalue weighted by atomic mass is 10.0. The standard InChI is InChI=1S/C38H72O6/c1-4-7-10-13-15-17-18-19-21-22-25-28-31-37(40)43-34-35(33-42-36(39)30-27-24-12-9-6-3)44-38(41)32-29-26-23-20-16-14-11-8-5-2/h35H,4-34H2,1-3H3/t35-/m1/s1. The number of carbonyl (C=O) groups is 3. The number of carbonyl (C=O) groups excluding carboxylic acids is 3. The van der Waals surface area contributed by atoms with Gasteiger partial charge in [-0.3, -0.25) is 14.4 Å². The van der Waals surface area contributed by atoms with E-state index in [-0.39, 0.29) is 31.1 Å². The van der Waals surface area contributed by atoms with Crippen molar-refractivity contribution in [3.8, 4) is 0 Å². The number of hydrogen-bond acceptors (Lipinski definition) is 6. The number of esters is 3. The van der Waals surface area contributed by atoms with Crippen LogP contribution >= 0.6 is 0 Å². The minimum Gasteiger partial charge on any atom is -0.462 e. The zero-order valence-electron chi connectivity index (χ0n) is 29.4. The van der Waals surface area contributed by atoms with Crippen molar-refractivity contribution in [2.24, 2.45) is 0 Å². The summed E-state index contributed by atoms with van der Waals surface area (Å²) in [4.78, 5) is 37.1. The quantitative estimate of drug-likeness (QED) is 0.0402. The molecule has 44 heavy (non-hydrogen) atoms. The highest BCUT2D eigenvalue weighted by Gasteiger charge is 2.19. The molecule has 0 aromatic rings. The monoisotopic (exact) mass is 625 g/mol. The topological polar surface area (TPSA) is 78.9 Å². The molecule has 0 heterocycles. The van der Waals surface area contributed by atoms with Crippen LogP contribution in [0.3, 0.4) is 0 Å². The van der Waals surface area contributed by atoms with Crippen LogP contribution in [0.2, 0.25) is 0 Å². The average Bonchev–Trinajstić information content (AvgIpc) is 3.02. The summed E-state index contributed by atoms with van der Waals surface area (Å²) in [6.45, 7) is 6.52. The van der Waals surface area contributed by atoms with Crippen molar-refractivity contribution in [3.05, 3.63) is 0 Å². The Balaban J connectivity index is 4.25. The molecule has 1 atom stereocenters. The van der Waals surface area contributed by atoms with E-state index in [1.54, 1.807) is 0 Å². The molecular formula is C38H72O6. The molecule has 0 aliphatic heterocycles. The number of unbranched alkanes of at least 4 members (excludes halogenated alkanes) is 23. The van der Waals surface area contributed by atoms with Crippen molar-refractivity contribution < 1.29 is 28.6 Å². The first kappa shape index (κ1) is 42.4. The van der Waals surface area contributed by atoms with Crippen LogP contribution in [0.15, 0.2) is 0 Å². The van der Waals surface area contributed by atoms with E-state index in [2.05, 4.69) is 20.8 Å². The second kappa shape index (κ2) is 34.3. The smallest absolute Gasteiger partial charge is 0.306 e. The zero-order valence-corrected chi connectivity index (χ0v) is 29.4. The molecule has 0 aliphatic rings. The van der Waals surface area contributed by atoms with E-state index >= 15 is 0 Å². The van der Waals surface area contributed by atoms with E-state index in [0.29, 0.717) is 19.3 Å². The van der Waals surface area contributed by atoms with Gasteiger partial charge in [-0.25, -0.2) is 0 Å². The summed E-state index contributed by atoms with van der Waals surface area (Å²) in [5.74, 6) is -0.880. The minimum atomic E-state index is -0.754. The van der Waals surface area contributed by atoms with Gasteiger partial charge in [0.2, 0.25) is 0 Å². The van der Waals surface area contributed by atoms with E-state index in [1.165, 1.54) is 103 Å². The van der Waals surface area contributed by atoms with Crippen LogP contribution in [0.4, 0.5) is 0 Å². The van der Waals surface area contributed by atoms with Crippen LogP contribution in [0, 0.1) is 0 Å². The largest absolute Gasteiger partial charge is 0.462 e. The Bertz CT molecular complexity index is 649. The molecule has 0 bridgehead atoms.